The molecule has 2 aromatic carbocycles. The number of ether oxygens (including phenoxy) is 1. The highest BCUT2D eigenvalue weighted by Crippen LogP contribution is 2.32. The van der Waals surface area contributed by atoms with E-state index in [2.05, 4.69) is 22.4 Å². The lowest BCUT2D eigenvalue weighted by molar-refractivity contribution is 0.0946. The van der Waals surface area contributed by atoms with Gasteiger partial charge in [0.15, 0.2) is 0 Å². The standard InChI is InChI=1S/C19H16N2O2/c1-23-18-11-16(15-4-2-3-5-17(15)21-18)12-6-7-14-13(10-12)8-9-20-19(14)22/h2-7,10-11H,8-9H2,1H3,(H,20,22). The van der Waals surface area contributed by atoms with Crippen LogP contribution in [0.2, 0.25) is 0 Å². The molecule has 1 N–H and O–H groups in total. The minimum Gasteiger partial charge on any atom is -0.481 e. The molecule has 114 valence electrons. The number of hydrogen-bond donors (Lipinski definition) is 1. The first-order chi connectivity index (χ1) is 11.3. The summed E-state index contributed by atoms with van der Waals surface area (Å²) in [7, 11) is 1.62. The molecule has 0 fully saturated rings. The van der Waals surface area contributed by atoms with E-state index >= 15 is 0 Å². The summed E-state index contributed by atoms with van der Waals surface area (Å²) in [6.45, 7) is 0.690. The lowest BCUT2D eigenvalue weighted by atomic mass is 9.93. The molecule has 0 saturated heterocycles. The highest BCUT2D eigenvalue weighted by molar-refractivity contribution is 5.99. The summed E-state index contributed by atoms with van der Waals surface area (Å²) >= 11 is 0. The summed E-state index contributed by atoms with van der Waals surface area (Å²) < 4.78 is 5.34. The van der Waals surface area contributed by atoms with Gasteiger partial charge in [0.1, 0.15) is 0 Å². The zero-order valence-electron chi connectivity index (χ0n) is 12.8. The van der Waals surface area contributed by atoms with Gasteiger partial charge in [0, 0.05) is 23.6 Å². The Balaban J connectivity index is 1.94. The minimum absolute atomic E-state index is 0.00923. The molecule has 23 heavy (non-hydrogen) atoms. The number of nitrogens with zero attached hydrogens (tertiary/aromatic N) is 1. The number of pyridine rings is 1. The van der Waals surface area contributed by atoms with Crippen LogP contribution in [-0.4, -0.2) is 24.5 Å². The van der Waals surface area contributed by atoms with Gasteiger partial charge in [-0.3, -0.25) is 4.79 Å². The van der Waals surface area contributed by atoms with Crippen molar-refractivity contribution in [1.82, 2.24) is 10.3 Å². The number of benzene rings is 2. The zero-order chi connectivity index (χ0) is 15.8. The number of hydrogen-bond acceptors (Lipinski definition) is 3. The van der Waals surface area contributed by atoms with Crippen LogP contribution in [0, 0.1) is 0 Å². The van der Waals surface area contributed by atoms with E-state index in [1.807, 2.05) is 36.4 Å². The van der Waals surface area contributed by atoms with Crippen LogP contribution in [0.25, 0.3) is 22.0 Å². The molecular weight excluding hydrogens is 288 g/mol. The number of fused-ring (bicyclic) bond motifs is 2. The van der Waals surface area contributed by atoms with Crippen molar-refractivity contribution in [1.29, 1.82) is 0 Å². The predicted octanol–water partition coefficient (Wildman–Crippen LogP) is 3.20. The third-order valence-corrected chi connectivity index (χ3v) is 4.24. The van der Waals surface area contributed by atoms with Crippen LogP contribution in [0.5, 0.6) is 5.88 Å². The van der Waals surface area contributed by atoms with Crippen LogP contribution in [0.4, 0.5) is 0 Å². The SMILES string of the molecule is COc1cc(-c2ccc3c(c2)CCNC3=O)c2ccccc2n1. The number of methoxy groups -OCH3 is 1. The maximum Gasteiger partial charge on any atom is 0.251 e. The van der Waals surface area contributed by atoms with Crippen LogP contribution in [0.15, 0.2) is 48.5 Å². The molecule has 4 rings (SSSR count). The molecule has 0 aliphatic carbocycles. The summed E-state index contributed by atoms with van der Waals surface area (Å²) in [6.07, 6.45) is 0.856. The van der Waals surface area contributed by atoms with Crippen molar-refractivity contribution < 1.29 is 9.53 Å². The average molecular weight is 304 g/mol. The Morgan fingerprint density at radius 2 is 1.96 bits per heavy atom. The molecule has 2 heterocycles. The summed E-state index contributed by atoms with van der Waals surface area (Å²) in [5.74, 6) is 0.601. The van der Waals surface area contributed by atoms with E-state index < -0.39 is 0 Å². The maximum atomic E-state index is 11.9. The molecule has 0 unspecified atom stereocenters. The summed E-state index contributed by atoms with van der Waals surface area (Å²) in [5.41, 5.74) is 4.91. The van der Waals surface area contributed by atoms with Gasteiger partial charge in [0.2, 0.25) is 5.88 Å². The van der Waals surface area contributed by atoms with E-state index in [1.165, 1.54) is 0 Å². The summed E-state index contributed by atoms with van der Waals surface area (Å²) in [6, 6.07) is 16.0. The first-order valence-corrected chi connectivity index (χ1v) is 7.61. The van der Waals surface area contributed by atoms with Crippen molar-refractivity contribution in [2.75, 3.05) is 13.7 Å². The molecule has 0 spiro atoms. The second-order valence-electron chi connectivity index (χ2n) is 5.61. The van der Waals surface area contributed by atoms with Crippen molar-refractivity contribution in [2.24, 2.45) is 0 Å². The number of carbonyl (C=O) groups is 1. The van der Waals surface area contributed by atoms with Crippen molar-refractivity contribution in [3.63, 3.8) is 0 Å². The van der Waals surface area contributed by atoms with E-state index in [0.717, 1.165) is 39.6 Å². The lowest BCUT2D eigenvalue weighted by Gasteiger charge is -2.18. The normalized spacial score (nSPS) is 13.5. The van der Waals surface area contributed by atoms with Crippen molar-refractivity contribution in [3.8, 4) is 17.0 Å². The number of amides is 1. The number of rotatable bonds is 2. The van der Waals surface area contributed by atoms with Crippen molar-refractivity contribution >= 4 is 16.8 Å². The van der Waals surface area contributed by atoms with Crippen LogP contribution >= 0.6 is 0 Å². The van der Waals surface area contributed by atoms with Gasteiger partial charge in [-0.2, -0.15) is 0 Å². The zero-order valence-corrected chi connectivity index (χ0v) is 12.8. The molecule has 1 amide bonds. The molecule has 4 heteroatoms. The first-order valence-electron chi connectivity index (χ1n) is 7.61. The first kappa shape index (κ1) is 13.8. The third kappa shape index (κ3) is 2.32. The van der Waals surface area contributed by atoms with Gasteiger partial charge >= 0.3 is 0 Å². The molecule has 0 bridgehead atoms. The van der Waals surface area contributed by atoms with Gasteiger partial charge < -0.3 is 10.1 Å². The van der Waals surface area contributed by atoms with Gasteiger partial charge in [-0.15, -0.1) is 0 Å². The van der Waals surface area contributed by atoms with E-state index in [0.29, 0.717) is 12.4 Å². The smallest absolute Gasteiger partial charge is 0.251 e. The van der Waals surface area contributed by atoms with Crippen molar-refractivity contribution in [3.05, 3.63) is 59.7 Å². The Hall–Kier alpha value is -2.88. The van der Waals surface area contributed by atoms with Gasteiger partial charge in [-0.1, -0.05) is 30.3 Å². The fraction of sp³-hybridized carbons (Fsp3) is 0.158. The van der Waals surface area contributed by atoms with Crippen LogP contribution < -0.4 is 10.1 Å². The monoisotopic (exact) mass is 304 g/mol. The van der Waals surface area contributed by atoms with Crippen LogP contribution in [0.3, 0.4) is 0 Å². The fourth-order valence-corrected chi connectivity index (χ4v) is 3.09. The lowest BCUT2D eigenvalue weighted by Crippen LogP contribution is -2.31. The van der Waals surface area contributed by atoms with Crippen molar-refractivity contribution in [2.45, 2.75) is 6.42 Å². The maximum absolute atomic E-state index is 11.9. The number of carbonyl (C=O) groups excluding carboxylic acids is 1. The largest absolute Gasteiger partial charge is 0.481 e. The fourth-order valence-electron chi connectivity index (χ4n) is 3.09. The molecule has 1 aromatic heterocycles. The molecule has 0 atom stereocenters. The van der Waals surface area contributed by atoms with Gasteiger partial charge in [0.05, 0.1) is 12.6 Å². The Morgan fingerprint density at radius 3 is 2.83 bits per heavy atom. The molecule has 3 aromatic rings. The minimum atomic E-state index is 0.00923. The Morgan fingerprint density at radius 1 is 1.09 bits per heavy atom. The molecular formula is C19H16N2O2. The van der Waals surface area contributed by atoms with E-state index in [-0.39, 0.29) is 5.91 Å². The van der Waals surface area contributed by atoms with E-state index in [4.69, 9.17) is 4.74 Å². The quantitative estimate of drug-likeness (QED) is 0.791. The summed E-state index contributed by atoms with van der Waals surface area (Å²) in [5, 5.41) is 3.95. The number of nitrogens with one attached hydrogen (secondary N) is 1. The molecule has 1 aliphatic heterocycles. The highest BCUT2D eigenvalue weighted by Gasteiger charge is 2.17. The van der Waals surface area contributed by atoms with Gasteiger partial charge in [-0.25, -0.2) is 4.98 Å². The molecule has 0 saturated carbocycles. The second kappa shape index (κ2) is 5.39. The Kier molecular flexibility index (Phi) is 3.23. The van der Waals surface area contributed by atoms with Crippen LogP contribution in [0.1, 0.15) is 15.9 Å². The number of para-hydroxylation sites is 1. The topological polar surface area (TPSA) is 51.2 Å². The average Bonchev–Trinajstić information content (AvgIpc) is 2.60. The van der Waals surface area contributed by atoms with E-state index in [1.54, 1.807) is 7.11 Å². The molecule has 4 nitrogen and oxygen atoms in total. The third-order valence-electron chi connectivity index (χ3n) is 4.24. The molecule has 0 radical (unpaired) electrons. The molecule has 1 aliphatic rings. The van der Waals surface area contributed by atoms with Gasteiger partial charge in [-0.05, 0) is 35.2 Å². The predicted molar refractivity (Wildman–Crippen MR) is 89.8 cm³/mol. The van der Waals surface area contributed by atoms with Crippen LogP contribution in [-0.2, 0) is 6.42 Å². The Bertz CT molecular complexity index is 918. The summed E-state index contributed by atoms with van der Waals surface area (Å²) in [4.78, 5) is 16.4. The second-order valence-corrected chi connectivity index (χ2v) is 5.61. The van der Waals surface area contributed by atoms with E-state index in [9.17, 15) is 4.79 Å². The Labute approximate surface area is 134 Å². The van der Waals surface area contributed by atoms with Gasteiger partial charge in [0.25, 0.3) is 5.91 Å². The highest BCUT2D eigenvalue weighted by atomic mass is 16.5. The number of aromatic nitrogens is 1.